The Labute approximate surface area is 166 Å². The van der Waals surface area contributed by atoms with Crippen molar-refractivity contribution in [2.24, 2.45) is 22.7 Å². The molecule has 0 amide bonds. The average molecular weight is 384 g/mol. The summed E-state index contributed by atoms with van der Waals surface area (Å²) in [5.41, 5.74) is -0.0641. The van der Waals surface area contributed by atoms with Gasteiger partial charge in [-0.3, -0.25) is 9.59 Å². The molecular formula is C23H28O5. The maximum atomic E-state index is 13.0. The number of ether oxygens (including phenoxy) is 2. The third kappa shape index (κ3) is 3.17. The van der Waals surface area contributed by atoms with E-state index in [1.165, 1.54) is 7.11 Å². The van der Waals surface area contributed by atoms with Crippen LogP contribution in [0.1, 0.15) is 50.9 Å². The Balaban J connectivity index is 2.06. The molecule has 0 radical (unpaired) electrons. The minimum atomic E-state index is -0.866. The number of fused-ring (bicyclic) bond motifs is 1. The number of allylic oxidation sites excluding steroid dienone is 1. The molecule has 0 aromatic heterocycles. The number of carbonyl (C=O) groups excluding carboxylic acids is 3. The Bertz CT molecular complexity index is 823. The summed E-state index contributed by atoms with van der Waals surface area (Å²) in [5.74, 6) is -1.91. The molecular weight excluding hydrogens is 356 g/mol. The van der Waals surface area contributed by atoms with Crippen LogP contribution in [0.15, 0.2) is 42.0 Å². The maximum Gasteiger partial charge on any atom is 0.338 e. The van der Waals surface area contributed by atoms with Gasteiger partial charge in [-0.15, -0.1) is 0 Å². The highest BCUT2D eigenvalue weighted by molar-refractivity contribution is 5.97. The van der Waals surface area contributed by atoms with Crippen molar-refractivity contribution in [2.75, 3.05) is 7.11 Å². The molecule has 1 aromatic carbocycles. The van der Waals surface area contributed by atoms with E-state index in [0.717, 1.165) is 6.42 Å². The summed E-state index contributed by atoms with van der Waals surface area (Å²) < 4.78 is 11.0. The SMILES string of the molecule is COC(=O)[C@@H]1C(C)=CC(=O)[C@H]2C(C)(C)CC[C@H](OC(=O)c3ccccc3)[C@]12C. The van der Waals surface area contributed by atoms with Crippen molar-refractivity contribution in [2.45, 2.75) is 46.6 Å². The zero-order valence-electron chi connectivity index (χ0n) is 17.2. The van der Waals surface area contributed by atoms with Crippen molar-refractivity contribution in [3.8, 4) is 0 Å². The van der Waals surface area contributed by atoms with Gasteiger partial charge >= 0.3 is 11.9 Å². The first-order valence-corrected chi connectivity index (χ1v) is 9.69. The van der Waals surface area contributed by atoms with E-state index >= 15 is 0 Å². The molecule has 1 aromatic rings. The lowest BCUT2D eigenvalue weighted by molar-refractivity contribution is -0.173. The summed E-state index contributed by atoms with van der Waals surface area (Å²) in [4.78, 5) is 38.6. The first-order chi connectivity index (χ1) is 13.1. The molecule has 5 nitrogen and oxygen atoms in total. The first kappa shape index (κ1) is 20.3. The number of benzene rings is 1. The van der Waals surface area contributed by atoms with Crippen molar-refractivity contribution >= 4 is 17.7 Å². The van der Waals surface area contributed by atoms with Crippen molar-refractivity contribution < 1.29 is 23.9 Å². The zero-order valence-corrected chi connectivity index (χ0v) is 17.2. The quantitative estimate of drug-likeness (QED) is 0.738. The predicted octanol–water partition coefficient (Wildman–Crippen LogP) is 3.97. The van der Waals surface area contributed by atoms with Crippen LogP contribution in [0, 0.1) is 22.7 Å². The van der Waals surface area contributed by atoms with Crippen LogP contribution in [0.5, 0.6) is 0 Å². The van der Waals surface area contributed by atoms with Gasteiger partial charge in [-0.1, -0.05) is 44.5 Å². The summed E-state index contributed by atoms with van der Waals surface area (Å²) in [7, 11) is 1.35. The van der Waals surface area contributed by atoms with Gasteiger partial charge in [0.1, 0.15) is 6.10 Å². The Morgan fingerprint density at radius 1 is 1.11 bits per heavy atom. The highest BCUT2D eigenvalue weighted by Crippen LogP contribution is 2.59. The smallest absolute Gasteiger partial charge is 0.338 e. The van der Waals surface area contributed by atoms with E-state index < -0.39 is 35.3 Å². The van der Waals surface area contributed by atoms with Gasteiger partial charge in [-0.2, -0.15) is 0 Å². The lowest BCUT2D eigenvalue weighted by Crippen LogP contribution is -2.61. The van der Waals surface area contributed by atoms with Crippen LogP contribution in [0.3, 0.4) is 0 Å². The van der Waals surface area contributed by atoms with E-state index in [2.05, 4.69) is 0 Å². The van der Waals surface area contributed by atoms with Gasteiger partial charge in [0.2, 0.25) is 0 Å². The van der Waals surface area contributed by atoms with Crippen molar-refractivity contribution in [1.29, 1.82) is 0 Å². The van der Waals surface area contributed by atoms with Crippen LogP contribution >= 0.6 is 0 Å². The lowest BCUT2D eigenvalue weighted by atomic mass is 9.47. The first-order valence-electron chi connectivity index (χ1n) is 9.69. The molecule has 2 aliphatic rings. The van der Waals surface area contributed by atoms with Crippen LogP contribution in [0.25, 0.3) is 0 Å². The molecule has 0 spiro atoms. The Hall–Kier alpha value is -2.43. The van der Waals surface area contributed by atoms with Crippen LogP contribution in [0.4, 0.5) is 0 Å². The molecule has 0 aliphatic heterocycles. The van der Waals surface area contributed by atoms with E-state index in [9.17, 15) is 14.4 Å². The molecule has 1 fully saturated rings. The molecule has 4 atom stereocenters. The normalized spacial score (nSPS) is 31.4. The fraction of sp³-hybridized carbons (Fsp3) is 0.522. The Morgan fingerprint density at radius 2 is 1.75 bits per heavy atom. The van der Waals surface area contributed by atoms with Gasteiger partial charge in [0, 0.05) is 11.3 Å². The molecule has 1 saturated carbocycles. The number of carbonyl (C=O) groups is 3. The maximum absolute atomic E-state index is 13.0. The number of esters is 2. The average Bonchev–Trinajstić information content (AvgIpc) is 2.63. The van der Waals surface area contributed by atoms with E-state index in [4.69, 9.17) is 9.47 Å². The molecule has 0 bridgehead atoms. The minimum absolute atomic E-state index is 0.00869. The van der Waals surface area contributed by atoms with Crippen LogP contribution in [0.2, 0.25) is 0 Å². The highest BCUT2D eigenvalue weighted by Gasteiger charge is 2.63. The monoisotopic (exact) mass is 384 g/mol. The Kier molecular flexibility index (Phi) is 5.22. The minimum Gasteiger partial charge on any atom is -0.469 e. The molecule has 150 valence electrons. The summed E-state index contributed by atoms with van der Waals surface area (Å²) >= 11 is 0. The largest absolute Gasteiger partial charge is 0.469 e. The van der Waals surface area contributed by atoms with Gasteiger partial charge in [0.05, 0.1) is 18.6 Å². The summed E-state index contributed by atoms with van der Waals surface area (Å²) in [6, 6.07) is 8.78. The topological polar surface area (TPSA) is 69.7 Å². The van der Waals surface area contributed by atoms with E-state index in [1.807, 2.05) is 26.8 Å². The van der Waals surface area contributed by atoms with Gasteiger partial charge < -0.3 is 9.47 Å². The fourth-order valence-corrected chi connectivity index (χ4v) is 5.43. The van der Waals surface area contributed by atoms with Crippen molar-refractivity contribution in [1.82, 2.24) is 0 Å². The number of rotatable bonds is 3. The van der Waals surface area contributed by atoms with Crippen molar-refractivity contribution in [3.05, 3.63) is 47.5 Å². The molecule has 5 heteroatoms. The number of ketones is 1. The number of hydrogen-bond acceptors (Lipinski definition) is 5. The number of hydrogen-bond donors (Lipinski definition) is 0. The van der Waals surface area contributed by atoms with Gasteiger partial charge in [0.25, 0.3) is 0 Å². The van der Waals surface area contributed by atoms with Crippen LogP contribution in [-0.4, -0.2) is 30.9 Å². The van der Waals surface area contributed by atoms with E-state index in [1.54, 1.807) is 37.3 Å². The molecule has 3 rings (SSSR count). The van der Waals surface area contributed by atoms with E-state index in [0.29, 0.717) is 17.6 Å². The van der Waals surface area contributed by atoms with Crippen LogP contribution < -0.4 is 0 Å². The standard InChI is InChI=1S/C23H28O5/c1-14-13-16(24)19-22(2,3)12-11-17(23(19,4)18(14)21(26)27-5)28-20(25)15-9-7-6-8-10-15/h6-10,13,17-19H,11-12H2,1-5H3/t17-,18-,19-,23+/m0/s1. The van der Waals surface area contributed by atoms with Gasteiger partial charge in [0.15, 0.2) is 5.78 Å². The van der Waals surface area contributed by atoms with Gasteiger partial charge in [-0.25, -0.2) is 4.79 Å². The van der Waals surface area contributed by atoms with Gasteiger partial charge in [-0.05, 0) is 43.4 Å². The number of methoxy groups -OCH3 is 1. The summed E-state index contributed by atoms with van der Waals surface area (Å²) in [6.07, 6.45) is 2.32. The highest BCUT2D eigenvalue weighted by atomic mass is 16.5. The van der Waals surface area contributed by atoms with E-state index in [-0.39, 0.29) is 11.2 Å². The summed E-state index contributed by atoms with van der Waals surface area (Å²) in [6.45, 7) is 7.77. The van der Waals surface area contributed by atoms with Crippen LogP contribution in [-0.2, 0) is 19.1 Å². The molecule has 0 N–H and O–H groups in total. The predicted molar refractivity (Wildman–Crippen MR) is 105 cm³/mol. The molecule has 2 aliphatic carbocycles. The van der Waals surface area contributed by atoms with Crippen molar-refractivity contribution in [3.63, 3.8) is 0 Å². The molecule has 0 unspecified atom stereocenters. The molecule has 0 heterocycles. The zero-order chi connectivity index (χ0) is 20.7. The molecule has 0 saturated heterocycles. The fourth-order valence-electron chi connectivity index (χ4n) is 5.43. The lowest BCUT2D eigenvalue weighted by Gasteiger charge is -2.57. The second-order valence-corrected chi connectivity index (χ2v) is 8.83. The second-order valence-electron chi connectivity index (χ2n) is 8.83. The third-order valence-electron chi connectivity index (χ3n) is 6.58. The molecule has 28 heavy (non-hydrogen) atoms. The summed E-state index contributed by atoms with van der Waals surface area (Å²) in [5, 5.41) is 0. The second kappa shape index (κ2) is 7.19. The Morgan fingerprint density at radius 3 is 2.36 bits per heavy atom. The third-order valence-corrected chi connectivity index (χ3v) is 6.58.